The summed E-state index contributed by atoms with van der Waals surface area (Å²) in [6.07, 6.45) is 3.86. The first kappa shape index (κ1) is 13.1. The topological polar surface area (TPSA) is 55.2 Å². The van der Waals surface area contributed by atoms with E-state index in [9.17, 15) is 0 Å². The highest BCUT2D eigenvalue weighted by atomic mass is 16.5. The molecule has 0 radical (unpaired) electrons. The predicted molar refractivity (Wildman–Crippen MR) is 71.4 cm³/mol. The Morgan fingerprint density at radius 2 is 1.84 bits per heavy atom. The molecule has 0 aliphatic carbocycles. The minimum atomic E-state index is 0.0886. The Morgan fingerprint density at radius 1 is 1.11 bits per heavy atom. The van der Waals surface area contributed by atoms with Gasteiger partial charge in [-0.25, -0.2) is 9.97 Å². The van der Waals surface area contributed by atoms with Crippen molar-refractivity contribution in [2.45, 2.75) is 13.0 Å². The Hall–Kier alpha value is -2.38. The Bertz CT molecular complexity index is 556. The maximum absolute atomic E-state index is 8.63. The minimum absolute atomic E-state index is 0.0886. The van der Waals surface area contributed by atoms with Gasteiger partial charge in [0, 0.05) is 24.4 Å². The normalized spacial score (nSPS) is 9.53. The van der Waals surface area contributed by atoms with Crippen molar-refractivity contribution in [2.24, 2.45) is 0 Å². The molecular formula is C15H14N2O2. The molecule has 1 aromatic heterocycles. The summed E-state index contributed by atoms with van der Waals surface area (Å²) >= 11 is 0. The molecule has 0 amide bonds. The Balaban J connectivity index is 1.91. The first-order valence-electron chi connectivity index (χ1n) is 5.97. The molecule has 0 fully saturated rings. The van der Waals surface area contributed by atoms with Gasteiger partial charge in [0.05, 0.1) is 6.61 Å². The van der Waals surface area contributed by atoms with Crippen LogP contribution < -0.4 is 4.74 Å². The van der Waals surface area contributed by atoms with Gasteiger partial charge in [-0.2, -0.15) is 0 Å². The van der Waals surface area contributed by atoms with E-state index >= 15 is 0 Å². The lowest BCUT2D eigenvalue weighted by Gasteiger charge is -2.04. The molecule has 0 saturated carbocycles. The molecule has 4 nitrogen and oxygen atoms in total. The predicted octanol–water partition coefficient (Wildman–Crippen LogP) is 1.79. The van der Waals surface area contributed by atoms with Crippen LogP contribution in [0.15, 0.2) is 42.7 Å². The van der Waals surface area contributed by atoms with Crippen LogP contribution in [0.4, 0.5) is 0 Å². The Morgan fingerprint density at radius 3 is 2.53 bits per heavy atom. The lowest BCUT2D eigenvalue weighted by molar-refractivity contribution is 0.296. The zero-order chi connectivity index (χ0) is 13.3. The standard InChI is InChI=1S/C15H14N2O2/c18-11-2-1-4-13-5-7-14(8-6-13)19-12-15-16-9-3-10-17-15/h3,5-10,18H,2,11-12H2. The van der Waals surface area contributed by atoms with Gasteiger partial charge in [0.1, 0.15) is 12.4 Å². The number of aliphatic hydroxyl groups is 1. The molecule has 4 heteroatoms. The fraction of sp³-hybridized carbons (Fsp3) is 0.200. The van der Waals surface area contributed by atoms with Gasteiger partial charge in [0.15, 0.2) is 5.82 Å². The number of rotatable bonds is 4. The zero-order valence-electron chi connectivity index (χ0n) is 10.4. The fourth-order valence-electron chi connectivity index (χ4n) is 1.41. The molecule has 2 rings (SSSR count). The van der Waals surface area contributed by atoms with Gasteiger partial charge >= 0.3 is 0 Å². The maximum Gasteiger partial charge on any atom is 0.166 e. The molecule has 19 heavy (non-hydrogen) atoms. The summed E-state index contributed by atoms with van der Waals surface area (Å²) in [7, 11) is 0. The fourth-order valence-corrected chi connectivity index (χ4v) is 1.41. The minimum Gasteiger partial charge on any atom is -0.486 e. The second-order valence-electron chi connectivity index (χ2n) is 3.75. The third-order valence-electron chi connectivity index (χ3n) is 2.31. The van der Waals surface area contributed by atoms with Gasteiger partial charge in [-0.05, 0) is 30.3 Å². The van der Waals surface area contributed by atoms with Crippen LogP contribution in [-0.4, -0.2) is 21.7 Å². The highest BCUT2D eigenvalue weighted by molar-refractivity contribution is 5.38. The molecule has 0 aliphatic rings. The van der Waals surface area contributed by atoms with Crippen molar-refractivity contribution in [3.05, 3.63) is 54.1 Å². The van der Waals surface area contributed by atoms with E-state index in [1.165, 1.54) is 0 Å². The van der Waals surface area contributed by atoms with Crippen LogP contribution in [0.3, 0.4) is 0 Å². The number of nitrogens with zero attached hydrogens (tertiary/aromatic N) is 2. The van der Waals surface area contributed by atoms with Crippen LogP contribution >= 0.6 is 0 Å². The second-order valence-corrected chi connectivity index (χ2v) is 3.75. The summed E-state index contributed by atoms with van der Waals surface area (Å²) < 4.78 is 5.56. The summed E-state index contributed by atoms with van der Waals surface area (Å²) in [5.74, 6) is 7.22. The van der Waals surface area contributed by atoms with E-state index in [4.69, 9.17) is 9.84 Å². The summed E-state index contributed by atoms with van der Waals surface area (Å²) in [6, 6.07) is 9.23. The monoisotopic (exact) mass is 254 g/mol. The molecule has 0 spiro atoms. The van der Waals surface area contributed by atoms with Gasteiger partial charge in [0.25, 0.3) is 0 Å². The number of hydrogen-bond acceptors (Lipinski definition) is 4. The van der Waals surface area contributed by atoms with Gasteiger partial charge < -0.3 is 9.84 Å². The van der Waals surface area contributed by atoms with E-state index < -0.39 is 0 Å². The van der Waals surface area contributed by atoms with E-state index in [1.807, 2.05) is 24.3 Å². The van der Waals surface area contributed by atoms with E-state index in [-0.39, 0.29) is 6.61 Å². The van der Waals surface area contributed by atoms with Crippen molar-refractivity contribution in [1.29, 1.82) is 0 Å². The highest BCUT2D eigenvalue weighted by Gasteiger charge is 1.97. The molecule has 96 valence electrons. The molecule has 0 saturated heterocycles. The van der Waals surface area contributed by atoms with Gasteiger partial charge in [-0.3, -0.25) is 0 Å². The summed E-state index contributed by atoms with van der Waals surface area (Å²) in [5, 5.41) is 8.63. The van der Waals surface area contributed by atoms with Crippen molar-refractivity contribution >= 4 is 0 Å². The van der Waals surface area contributed by atoms with Crippen molar-refractivity contribution in [3.8, 4) is 17.6 Å². The molecule has 1 N–H and O–H groups in total. The van der Waals surface area contributed by atoms with Crippen molar-refractivity contribution in [3.63, 3.8) is 0 Å². The second kappa shape index (κ2) is 7.14. The lowest BCUT2D eigenvalue weighted by Crippen LogP contribution is -2.00. The number of ether oxygens (including phenoxy) is 1. The smallest absolute Gasteiger partial charge is 0.166 e. The van der Waals surface area contributed by atoms with Crippen LogP contribution in [0.2, 0.25) is 0 Å². The summed E-state index contributed by atoms with van der Waals surface area (Å²) in [5.41, 5.74) is 0.900. The lowest BCUT2D eigenvalue weighted by atomic mass is 10.2. The number of aromatic nitrogens is 2. The zero-order valence-corrected chi connectivity index (χ0v) is 10.4. The average molecular weight is 254 g/mol. The molecule has 0 bridgehead atoms. The molecular weight excluding hydrogens is 240 g/mol. The number of hydrogen-bond donors (Lipinski definition) is 1. The Kier molecular flexibility index (Phi) is 4.91. The molecule has 0 unspecified atom stereocenters. The molecule has 1 heterocycles. The molecule has 2 aromatic rings. The van der Waals surface area contributed by atoms with E-state index in [1.54, 1.807) is 18.5 Å². The first-order valence-corrected chi connectivity index (χ1v) is 5.97. The van der Waals surface area contributed by atoms with Crippen molar-refractivity contribution < 1.29 is 9.84 Å². The van der Waals surface area contributed by atoms with Crippen molar-refractivity contribution in [2.75, 3.05) is 6.61 Å². The van der Waals surface area contributed by atoms with Gasteiger partial charge in [-0.1, -0.05) is 11.8 Å². The van der Waals surface area contributed by atoms with Gasteiger partial charge in [0.2, 0.25) is 0 Å². The number of aliphatic hydroxyl groups excluding tert-OH is 1. The third kappa shape index (κ3) is 4.41. The largest absolute Gasteiger partial charge is 0.486 e. The van der Waals surface area contributed by atoms with E-state index in [0.29, 0.717) is 18.9 Å². The molecule has 0 aliphatic heterocycles. The number of benzene rings is 1. The van der Waals surface area contributed by atoms with E-state index in [0.717, 1.165) is 11.3 Å². The quantitative estimate of drug-likeness (QED) is 0.845. The third-order valence-corrected chi connectivity index (χ3v) is 2.31. The van der Waals surface area contributed by atoms with Crippen LogP contribution in [0.5, 0.6) is 5.75 Å². The average Bonchev–Trinajstić information content (AvgIpc) is 2.48. The van der Waals surface area contributed by atoms with Crippen LogP contribution in [0.25, 0.3) is 0 Å². The van der Waals surface area contributed by atoms with E-state index in [2.05, 4.69) is 21.8 Å². The van der Waals surface area contributed by atoms with Crippen molar-refractivity contribution in [1.82, 2.24) is 9.97 Å². The summed E-state index contributed by atoms with van der Waals surface area (Å²) in [4.78, 5) is 8.16. The van der Waals surface area contributed by atoms with Crippen LogP contribution in [0.1, 0.15) is 17.8 Å². The highest BCUT2D eigenvalue weighted by Crippen LogP contribution is 2.12. The van der Waals surface area contributed by atoms with Crippen LogP contribution in [0, 0.1) is 11.8 Å². The Labute approximate surface area is 112 Å². The summed E-state index contributed by atoms with van der Waals surface area (Å²) in [6.45, 7) is 0.432. The molecule has 0 atom stereocenters. The maximum atomic E-state index is 8.63. The van der Waals surface area contributed by atoms with Gasteiger partial charge in [-0.15, -0.1) is 0 Å². The SMILES string of the molecule is OCCC#Cc1ccc(OCc2ncccn2)cc1. The van der Waals surface area contributed by atoms with Crippen LogP contribution in [-0.2, 0) is 6.61 Å². The first-order chi connectivity index (χ1) is 9.38. The molecule has 1 aromatic carbocycles.